The van der Waals surface area contributed by atoms with Crippen LogP contribution < -0.4 is 20.1 Å². The summed E-state index contributed by atoms with van der Waals surface area (Å²) in [5.41, 5.74) is 0. The Balaban J connectivity index is 2.05. The normalized spacial score (nSPS) is 9.89. The highest BCUT2D eigenvalue weighted by Crippen LogP contribution is 2.16. The van der Waals surface area contributed by atoms with E-state index >= 15 is 0 Å². The van der Waals surface area contributed by atoms with Crippen molar-refractivity contribution < 1.29 is 14.3 Å². The maximum atomic E-state index is 10.6. The minimum atomic E-state index is -0.00807. The third kappa shape index (κ3) is 6.10. The summed E-state index contributed by atoms with van der Waals surface area (Å²) >= 11 is 0. The summed E-state index contributed by atoms with van der Waals surface area (Å²) in [7, 11) is 1.63. The second kappa shape index (κ2) is 8.36. The summed E-state index contributed by atoms with van der Waals surface area (Å²) in [5.74, 6) is 1.63. The maximum absolute atomic E-state index is 10.6. The van der Waals surface area contributed by atoms with E-state index < -0.39 is 0 Å². The van der Waals surface area contributed by atoms with Crippen LogP contribution in [0.2, 0.25) is 0 Å². The third-order valence-electron chi connectivity index (χ3n) is 2.28. The van der Waals surface area contributed by atoms with Crippen molar-refractivity contribution in [2.24, 2.45) is 0 Å². The summed E-state index contributed by atoms with van der Waals surface area (Å²) in [6, 6.07) is 7.46. The average Bonchev–Trinajstić information content (AvgIpc) is 2.38. The molecule has 0 saturated carbocycles. The van der Waals surface area contributed by atoms with Crippen LogP contribution >= 0.6 is 0 Å². The van der Waals surface area contributed by atoms with Crippen LogP contribution in [0.3, 0.4) is 0 Å². The smallest absolute Gasteiger partial charge is 0.216 e. The minimum absolute atomic E-state index is 0.00807. The first-order valence-corrected chi connectivity index (χ1v) is 5.94. The molecule has 0 bridgehead atoms. The lowest BCUT2D eigenvalue weighted by Gasteiger charge is -2.08. The molecule has 0 spiro atoms. The van der Waals surface area contributed by atoms with Gasteiger partial charge in [0.05, 0.1) is 7.11 Å². The molecule has 1 rings (SSSR count). The van der Waals surface area contributed by atoms with Crippen molar-refractivity contribution in [1.29, 1.82) is 0 Å². The van der Waals surface area contributed by atoms with Gasteiger partial charge in [-0.1, -0.05) is 0 Å². The van der Waals surface area contributed by atoms with Gasteiger partial charge in [0.2, 0.25) is 5.91 Å². The van der Waals surface area contributed by atoms with Gasteiger partial charge in [-0.2, -0.15) is 0 Å². The van der Waals surface area contributed by atoms with Crippen LogP contribution in [0.4, 0.5) is 0 Å². The zero-order chi connectivity index (χ0) is 13.2. The van der Waals surface area contributed by atoms with Crippen LogP contribution in [0, 0.1) is 0 Å². The summed E-state index contributed by atoms with van der Waals surface area (Å²) in [4.78, 5) is 10.6. The number of carbonyl (C=O) groups excluding carboxylic acids is 1. The van der Waals surface area contributed by atoms with Crippen LogP contribution in [0.1, 0.15) is 6.92 Å². The van der Waals surface area contributed by atoms with E-state index in [0.29, 0.717) is 13.2 Å². The van der Waals surface area contributed by atoms with Crippen molar-refractivity contribution >= 4 is 5.91 Å². The van der Waals surface area contributed by atoms with Gasteiger partial charge < -0.3 is 20.1 Å². The molecule has 0 atom stereocenters. The predicted molar refractivity (Wildman–Crippen MR) is 70.0 cm³/mol. The Morgan fingerprint density at radius 1 is 1.11 bits per heavy atom. The highest BCUT2D eigenvalue weighted by molar-refractivity contribution is 5.72. The Labute approximate surface area is 107 Å². The number of nitrogens with one attached hydrogen (secondary N) is 2. The van der Waals surface area contributed by atoms with Crippen molar-refractivity contribution in [2.75, 3.05) is 33.4 Å². The number of hydrogen-bond donors (Lipinski definition) is 2. The van der Waals surface area contributed by atoms with Gasteiger partial charge in [0.15, 0.2) is 0 Å². The van der Waals surface area contributed by atoms with E-state index in [4.69, 9.17) is 9.47 Å². The molecule has 1 aromatic carbocycles. The second-order valence-corrected chi connectivity index (χ2v) is 3.76. The number of benzene rings is 1. The molecule has 0 aliphatic rings. The van der Waals surface area contributed by atoms with Crippen molar-refractivity contribution in [3.05, 3.63) is 24.3 Å². The SMILES string of the molecule is COc1ccc(OCCNCCNC(C)=O)cc1. The number of ether oxygens (including phenoxy) is 2. The largest absolute Gasteiger partial charge is 0.497 e. The second-order valence-electron chi connectivity index (χ2n) is 3.76. The lowest BCUT2D eigenvalue weighted by atomic mass is 10.3. The molecular weight excluding hydrogens is 232 g/mol. The van der Waals surface area contributed by atoms with E-state index in [0.717, 1.165) is 24.6 Å². The van der Waals surface area contributed by atoms with Gasteiger partial charge in [-0.25, -0.2) is 0 Å². The van der Waals surface area contributed by atoms with Crippen LogP contribution in [-0.4, -0.2) is 39.3 Å². The van der Waals surface area contributed by atoms with E-state index in [1.165, 1.54) is 6.92 Å². The fourth-order valence-electron chi connectivity index (χ4n) is 1.36. The van der Waals surface area contributed by atoms with Gasteiger partial charge >= 0.3 is 0 Å². The molecule has 0 aromatic heterocycles. The molecule has 0 radical (unpaired) electrons. The number of carbonyl (C=O) groups is 1. The number of amides is 1. The van der Waals surface area contributed by atoms with E-state index in [1.807, 2.05) is 24.3 Å². The topological polar surface area (TPSA) is 59.6 Å². The van der Waals surface area contributed by atoms with Gasteiger partial charge in [-0.05, 0) is 24.3 Å². The molecule has 2 N–H and O–H groups in total. The van der Waals surface area contributed by atoms with Crippen LogP contribution in [0.5, 0.6) is 11.5 Å². The van der Waals surface area contributed by atoms with E-state index in [1.54, 1.807) is 7.11 Å². The maximum Gasteiger partial charge on any atom is 0.216 e. The molecule has 0 unspecified atom stereocenters. The molecule has 5 heteroatoms. The van der Waals surface area contributed by atoms with Crippen molar-refractivity contribution in [2.45, 2.75) is 6.92 Å². The Bertz CT molecular complexity index is 352. The number of rotatable bonds is 8. The Morgan fingerprint density at radius 3 is 2.39 bits per heavy atom. The van der Waals surface area contributed by atoms with Crippen LogP contribution in [0.25, 0.3) is 0 Å². The summed E-state index contributed by atoms with van der Waals surface area (Å²) in [5, 5.41) is 5.88. The van der Waals surface area contributed by atoms with E-state index in [-0.39, 0.29) is 5.91 Å². The average molecular weight is 252 g/mol. The molecule has 5 nitrogen and oxygen atoms in total. The lowest BCUT2D eigenvalue weighted by Crippen LogP contribution is -2.32. The first kappa shape index (κ1) is 14.3. The summed E-state index contributed by atoms with van der Waals surface area (Å²) in [6.07, 6.45) is 0. The molecule has 0 saturated heterocycles. The van der Waals surface area contributed by atoms with Gasteiger partial charge in [0.25, 0.3) is 0 Å². The molecule has 1 amide bonds. The Hall–Kier alpha value is -1.75. The molecule has 0 aliphatic heterocycles. The molecule has 0 fully saturated rings. The highest BCUT2D eigenvalue weighted by atomic mass is 16.5. The fraction of sp³-hybridized carbons (Fsp3) is 0.462. The first-order valence-electron chi connectivity index (χ1n) is 5.94. The quantitative estimate of drug-likeness (QED) is 0.672. The lowest BCUT2D eigenvalue weighted by molar-refractivity contribution is -0.118. The number of methoxy groups -OCH3 is 1. The highest BCUT2D eigenvalue weighted by Gasteiger charge is 1.95. The van der Waals surface area contributed by atoms with Gasteiger partial charge in [-0.3, -0.25) is 4.79 Å². The molecule has 18 heavy (non-hydrogen) atoms. The standard InChI is InChI=1S/C13H20N2O3/c1-11(16)15-8-7-14-9-10-18-13-5-3-12(17-2)4-6-13/h3-6,14H,7-10H2,1-2H3,(H,15,16). The molecule has 100 valence electrons. The zero-order valence-electron chi connectivity index (χ0n) is 10.9. The molecule has 0 heterocycles. The van der Waals surface area contributed by atoms with Crippen molar-refractivity contribution in [3.8, 4) is 11.5 Å². The fourth-order valence-corrected chi connectivity index (χ4v) is 1.36. The number of hydrogen-bond acceptors (Lipinski definition) is 4. The van der Waals surface area contributed by atoms with Crippen molar-refractivity contribution in [1.82, 2.24) is 10.6 Å². The molecule has 1 aromatic rings. The summed E-state index contributed by atoms with van der Waals surface area (Å²) < 4.78 is 10.6. The van der Waals surface area contributed by atoms with Crippen LogP contribution in [-0.2, 0) is 4.79 Å². The monoisotopic (exact) mass is 252 g/mol. The Kier molecular flexibility index (Phi) is 6.64. The summed E-state index contributed by atoms with van der Waals surface area (Å²) in [6.45, 7) is 4.22. The molecule has 0 aliphatic carbocycles. The first-order chi connectivity index (χ1) is 8.72. The van der Waals surface area contributed by atoms with Gasteiger partial charge in [0, 0.05) is 26.6 Å². The van der Waals surface area contributed by atoms with E-state index in [2.05, 4.69) is 10.6 Å². The minimum Gasteiger partial charge on any atom is -0.497 e. The van der Waals surface area contributed by atoms with Gasteiger partial charge in [0.1, 0.15) is 18.1 Å². The van der Waals surface area contributed by atoms with Crippen molar-refractivity contribution in [3.63, 3.8) is 0 Å². The third-order valence-corrected chi connectivity index (χ3v) is 2.28. The van der Waals surface area contributed by atoms with E-state index in [9.17, 15) is 4.79 Å². The predicted octanol–water partition coefficient (Wildman–Crippen LogP) is 0.800. The Morgan fingerprint density at radius 2 is 1.78 bits per heavy atom. The molecular formula is C13H20N2O3. The van der Waals surface area contributed by atoms with Crippen LogP contribution in [0.15, 0.2) is 24.3 Å². The van der Waals surface area contributed by atoms with Gasteiger partial charge in [-0.15, -0.1) is 0 Å². The zero-order valence-corrected chi connectivity index (χ0v) is 10.9.